The van der Waals surface area contributed by atoms with Crippen molar-refractivity contribution in [3.8, 4) is 0 Å². The summed E-state index contributed by atoms with van der Waals surface area (Å²) in [5, 5.41) is 12.1. The number of hydrogen-bond donors (Lipinski definition) is 2. The van der Waals surface area contributed by atoms with Crippen molar-refractivity contribution in [2.24, 2.45) is 0 Å². The minimum atomic E-state index is -0.795. The molecule has 0 radical (unpaired) electrons. The molecule has 0 aliphatic carbocycles. The van der Waals surface area contributed by atoms with Crippen LogP contribution >= 0.6 is 0 Å². The van der Waals surface area contributed by atoms with Gasteiger partial charge in [-0.1, -0.05) is 52.9 Å². The zero-order valence-electron chi connectivity index (χ0n) is 12.8. The van der Waals surface area contributed by atoms with Gasteiger partial charge in [0.25, 0.3) is 0 Å². The summed E-state index contributed by atoms with van der Waals surface area (Å²) in [5.41, 5.74) is 0. The first-order valence-electron chi connectivity index (χ1n) is 7.64. The highest BCUT2D eigenvalue weighted by Crippen LogP contribution is 2.05. The maximum Gasteiger partial charge on any atom is 0.320 e. The minimum absolute atomic E-state index is 0.180. The van der Waals surface area contributed by atoms with E-state index in [4.69, 9.17) is 9.84 Å². The second-order valence-corrected chi connectivity index (χ2v) is 5.38. The third kappa shape index (κ3) is 12.2. The first-order valence-corrected chi connectivity index (χ1v) is 7.64. The van der Waals surface area contributed by atoms with Crippen LogP contribution < -0.4 is 5.32 Å². The van der Waals surface area contributed by atoms with E-state index in [1.165, 1.54) is 32.1 Å². The lowest BCUT2D eigenvalue weighted by molar-refractivity contribution is -0.140. The van der Waals surface area contributed by atoms with Gasteiger partial charge >= 0.3 is 5.97 Å². The van der Waals surface area contributed by atoms with Crippen LogP contribution in [-0.2, 0) is 9.53 Å². The van der Waals surface area contributed by atoms with Gasteiger partial charge in [-0.15, -0.1) is 0 Å². The van der Waals surface area contributed by atoms with Crippen LogP contribution in [0.5, 0.6) is 0 Å². The highest BCUT2D eigenvalue weighted by atomic mass is 16.5. The van der Waals surface area contributed by atoms with Crippen LogP contribution in [0.2, 0.25) is 0 Å². The number of rotatable bonds is 13. The maximum absolute atomic E-state index is 11.0. The van der Waals surface area contributed by atoms with Crippen molar-refractivity contribution in [2.45, 2.75) is 77.8 Å². The molecule has 114 valence electrons. The van der Waals surface area contributed by atoms with Crippen LogP contribution in [0, 0.1) is 0 Å². The largest absolute Gasteiger partial charge is 0.480 e. The van der Waals surface area contributed by atoms with Crippen LogP contribution in [-0.4, -0.2) is 36.4 Å². The molecule has 1 atom stereocenters. The van der Waals surface area contributed by atoms with Crippen LogP contribution in [0.1, 0.15) is 65.7 Å². The summed E-state index contributed by atoms with van der Waals surface area (Å²) >= 11 is 0. The van der Waals surface area contributed by atoms with E-state index in [-0.39, 0.29) is 6.04 Å². The molecule has 4 nitrogen and oxygen atoms in total. The summed E-state index contributed by atoms with van der Waals surface area (Å²) in [4.78, 5) is 11.0. The Bertz CT molecular complexity index is 219. The third-order valence-electron chi connectivity index (χ3n) is 3.03. The second kappa shape index (κ2) is 12.4. The Kier molecular flexibility index (Phi) is 12.0. The first kappa shape index (κ1) is 18.4. The highest BCUT2D eigenvalue weighted by molar-refractivity contribution is 5.73. The van der Waals surface area contributed by atoms with E-state index in [9.17, 15) is 4.79 Å². The topological polar surface area (TPSA) is 58.6 Å². The van der Waals surface area contributed by atoms with Gasteiger partial charge in [0.05, 0.1) is 0 Å². The second-order valence-electron chi connectivity index (χ2n) is 5.38. The van der Waals surface area contributed by atoms with Gasteiger partial charge < -0.3 is 15.2 Å². The SMILES string of the molecule is CCCCCCCCOCCC(NC(C)C)C(=O)O. The van der Waals surface area contributed by atoms with Gasteiger partial charge in [-0.2, -0.15) is 0 Å². The highest BCUT2D eigenvalue weighted by Gasteiger charge is 2.17. The van der Waals surface area contributed by atoms with E-state index in [2.05, 4.69) is 12.2 Å². The number of carboxylic acids is 1. The minimum Gasteiger partial charge on any atom is -0.480 e. The number of hydrogen-bond acceptors (Lipinski definition) is 3. The van der Waals surface area contributed by atoms with Crippen molar-refractivity contribution in [3.63, 3.8) is 0 Å². The average molecular weight is 273 g/mol. The Balaban J connectivity index is 3.42. The predicted molar refractivity (Wildman–Crippen MR) is 78.5 cm³/mol. The molecular formula is C15H31NO3. The third-order valence-corrected chi connectivity index (χ3v) is 3.03. The van der Waals surface area contributed by atoms with Crippen molar-refractivity contribution in [2.75, 3.05) is 13.2 Å². The molecule has 0 rings (SSSR count). The lowest BCUT2D eigenvalue weighted by atomic mass is 10.1. The van der Waals surface area contributed by atoms with Gasteiger partial charge in [0.2, 0.25) is 0 Å². The number of unbranched alkanes of at least 4 members (excludes halogenated alkanes) is 5. The molecule has 0 aliphatic rings. The molecule has 0 aromatic rings. The maximum atomic E-state index is 11.0. The summed E-state index contributed by atoms with van der Waals surface area (Å²) in [6.45, 7) is 7.39. The molecule has 0 saturated carbocycles. The van der Waals surface area contributed by atoms with E-state index < -0.39 is 12.0 Å². The molecule has 19 heavy (non-hydrogen) atoms. The Morgan fingerprint density at radius 2 is 1.74 bits per heavy atom. The molecule has 0 saturated heterocycles. The first-order chi connectivity index (χ1) is 9.07. The quantitative estimate of drug-likeness (QED) is 0.506. The summed E-state index contributed by atoms with van der Waals surface area (Å²) in [5.74, 6) is -0.795. The predicted octanol–water partition coefficient (Wildman–Crippen LogP) is 3.20. The van der Waals surface area contributed by atoms with Crippen molar-refractivity contribution < 1.29 is 14.6 Å². The fraction of sp³-hybridized carbons (Fsp3) is 0.933. The molecule has 2 N–H and O–H groups in total. The summed E-state index contributed by atoms with van der Waals surface area (Å²) in [7, 11) is 0. The molecule has 0 heterocycles. The van der Waals surface area contributed by atoms with E-state index in [1.54, 1.807) is 0 Å². The van der Waals surface area contributed by atoms with Crippen LogP contribution in [0.25, 0.3) is 0 Å². The molecule has 4 heteroatoms. The number of carboxylic acid groups (broad SMARTS) is 1. The molecule has 0 amide bonds. The van der Waals surface area contributed by atoms with Crippen molar-refractivity contribution in [3.05, 3.63) is 0 Å². The summed E-state index contributed by atoms with van der Waals surface area (Å²) in [6, 6.07) is -0.316. The number of aliphatic carboxylic acids is 1. The lowest BCUT2D eigenvalue weighted by Crippen LogP contribution is -2.41. The molecular weight excluding hydrogens is 242 g/mol. The normalized spacial score (nSPS) is 12.8. The van der Waals surface area contributed by atoms with Gasteiger partial charge in [0.1, 0.15) is 6.04 Å². The zero-order valence-corrected chi connectivity index (χ0v) is 12.8. The lowest BCUT2D eigenvalue weighted by Gasteiger charge is -2.17. The van der Waals surface area contributed by atoms with Crippen LogP contribution in [0.3, 0.4) is 0 Å². The van der Waals surface area contributed by atoms with Gasteiger partial charge in [-0.05, 0) is 12.8 Å². The van der Waals surface area contributed by atoms with E-state index in [0.717, 1.165) is 13.0 Å². The Labute approximate surface area is 117 Å². The fourth-order valence-corrected chi connectivity index (χ4v) is 1.97. The number of nitrogens with one attached hydrogen (secondary N) is 1. The Hall–Kier alpha value is -0.610. The molecule has 0 bridgehead atoms. The van der Waals surface area contributed by atoms with Gasteiger partial charge in [-0.3, -0.25) is 4.79 Å². The molecule has 0 aromatic heterocycles. The molecule has 0 fully saturated rings. The molecule has 0 aromatic carbocycles. The van der Waals surface area contributed by atoms with Crippen molar-refractivity contribution in [1.29, 1.82) is 0 Å². The van der Waals surface area contributed by atoms with Crippen molar-refractivity contribution >= 4 is 5.97 Å². The van der Waals surface area contributed by atoms with Crippen LogP contribution in [0.4, 0.5) is 0 Å². The van der Waals surface area contributed by atoms with Gasteiger partial charge in [0.15, 0.2) is 0 Å². The van der Waals surface area contributed by atoms with Crippen LogP contribution in [0.15, 0.2) is 0 Å². The van der Waals surface area contributed by atoms with E-state index in [0.29, 0.717) is 13.0 Å². The monoisotopic (exact) mass is 273 g/mol. The smallest absolute Gasteiger partial charge is 0.320 e. The van der Waals surface area contributed by atoms with E-state index >= 15 is 0 Å². The molecule has 1 unspecified atom stereocenters. The fourth-order valence-electron chi connectivity index (χ4n) is 1.97. The van der Waals surface area contributed by atoms with E-state index in [1.807, 2.05) is 13.8 Å². The Morgan fingerprint density at radius 3 is 2.32 bits per heavy atom. The number of carbonyl (C=O) groups is 1. The standard InChI is InChI=1S/C15H31NO3/c1-4-5-6-7-8-9-11-19-12-10-14(15(17)18)16-13(2)3/h13-14,16H,4-12H2,1-3H3,(H,17,18). The van der Waals surface area contributed by atoms with Gasteiger partial charge in [-0.25, -0.2) is 0 Å². The number of ether oxygens (including phenoxy) is 1. The zero-order chi connectivity index (χ0) is 14.5. The summed E-state index contributed by atoms with van der Waals surface area (Å²) in [6.07, 6.45) is 8.02. The molecule has 0 aliphatic heterocycles. The Morgan fingerprint density at radius 1 is 1.11 bits per heavy atom. The average Bonchev–Trinajstić information content (AvgIpc) is 2.34. The molecule has 0 spiro atoms. The van der Waals surface area contributed by atoms with Gasteiger partial charge in [0, 0.05) is 19.3 Å². The van der Waals surface area contributed by atoms with Crippen molar-refractivity contribution in [1.82, 2.24) is 5.32 Å². The summed E-state index contributed by atoms with van der Waals surface area (Å²) < 4.78 is 5.50.